The Hall–Kier alpha value is -1.56. The first kappa shape index (κ1) is 13.4. The second-order valence-electron chi connectivity index (χ2n) is 3.22. The quantitative estimate of drug-likeness (QED) is 0.394. The molecule has 0 aliphatic rings. The largest absolute Gasteiger partial charge is 0.398 e. The fourth-order valence-corrected chi connectivity index (χ4v) is 0.945. The molecule has 82 valence electrons. The number of nitriles is 1. The Morgan fingerprint density at radius 3 is 2.67 bits per heavy atom. The minimum atomic E-state index is 0.305. The van der Waals surface area contributed by atoms with Crippen LogP contribution in [0.15, 0.2) is 29.0 Å². The van der Waals surface area contributed by atoms with Gasteiger partial charge in [-0.05, 0) is 12.8 Å². The van der Waals surface area contributed by atoms with Crippen LogP contribution in [-0.2, 0) is 4.84 Å². The summed E-state index contributed by atoms with van der Waals surface area (Å²) in [4.78, 5) is 4.60. The van der Waals surface area contributed by atoms with Crippen LogP contribution in [0.5, 0.6) is 0 Å². The third-order valence-corrected chi connectivity index (χ3v) is 2.12. The maximum Gasteiger partial charge on any atom is 0.186 e. The topological polar surface area (TPSA) is 45.4 Å². The molecule has 0 bridgehead atoms. The van der Waals surface area contributed by atoms with Gasteiger partial charge in [-0.3, -0.25) is 0 Å². The molecule has 0 spiro atoms. The molecule has 1 unspecified atom stereocenters. The predicted molar refractivity (Wildman–Crippen MR) is 62.4 cm³/mol. The summed E-state index contributed by atoms with van der Waals surface area (Å²) in [6, 6.07) is 2.00. The Labute approximate surface area is 91.7 Å². The standard InChI is InChI=1S/C12H18N2O/c1-5-10(3)7-8-11(6-2)12(9-13)14-15-4/h6-8,10H,5H2,1-4H3/b8-7-,11-6+,14-12+. The number of hydrogen-bond donors (Lipinski definition) is 0. The van der Waals surface area contributed by atoms with Gasteiger partial charge < -0.3 is 4.84 Å². The first-order chi connectivity index (χ1) is 7.19. The lowest BCUT2D eigenvalue weighted by atomic mass is 10.1. The van der Waals surface area contributed by atoms with E-state index in [0.717, 1.165) is 12.0 Å². The molecule has 0 fully saturated rings. The number of nitrogens with zero attached hydrogens (tertiary/aromatic N) is 2. The summed E-state index contributed by atoms with van der Waals surface area (Å²) in [5, 5.41) is 12.5. The average molecular weight is 206 g/mol. The monoisotopic (exact) mass is 206 g/mol. The van der Waals surface area contributed by atoms with Gasteiger partial charge in [-0.15, -0.1) is 0 Å². The van der Waals surface area contributed by atoms with Crippen molar-refractivity contribution in [3.8, 4) is 6.07 Å². The lowest BCUT2D eigenvalue weighted by molar-refractivity contribution is 0.214. The van der Waals surface area contributed by atoms with Crippen molar-refractivity contribution in [2.75, 3.05) is 7.11 Å². The van der Waals surface area contributed by atoms with Crippen LogP contribution in [0, 0.1) is 17.2 Å². The van der Waals surface area contributed by atoms with Crippen molar-refractivity contribution < 1.29 is 4.84 Å². The summed E-state index contributed by atoms with van der Waals surface area (Å²) in [5.41, 5.74) is 1.10. The van der Waals surface area contributed by atoms with Gasteiger partial charge in [0.05, 0.1) is 0 Å². The molecule has 0 amide bonds. The van der Waals surface area contributed by atoms with E-state index in [1.165, 1.54) is 7.11 Å². The van der Waals surface area contributed by atoms with Gasteiger partial charge in [0.1, 0.15) is 13.2 Å². The van der Waals surface area contributed by atoms with Crippen LogP contribution in [0.4, 0.5) is 0 Å². The molecule has 0 saturated carbocycles. The molecular weight excluding hydrogens is 188 g/mol. The minimum Gasteiger partial charge on any atom is -0.398 e. The van der Waals surface area contributed by atoms with Crippen LogP contribution < -0.4 is 0 Å². The van der Waals surface area contributed by atoms with E-state index in [9.17, 15) is 0 Å². The molecule has 0 aliphatic heterocycles. The SMILES string of the molecule is C/C=C(\C=C/C(C)CC)C(/C#N)=N/OC. The minimum absolute atomic E-state index is 0.305. The van der Waals surface area contributed by atoms with Crippen LogP contribution in [0.3, 0.4) is 0 Å². The number of hydrogen-bond acceptors (Lipinski definition) is 3. The zero-order chi connectivity index (χ0) is 11.7. The summed E-state index contributed by atoms with van der Waals surface area (Å²) in [5.74, 6) is 0.502. The van der Waals surface area contributed by atoms with Gasteiger partial charge >= 0.3 is 0 Å². The third-order valence-electron chi connectivity index (χ3n) is 2.12. The highest BCUT2D eigenvalue weighted by Gasteiger charge is 2.02. The summed E-state index contributed by atoms with van der Waals surface area (Å²) >= 11 is 0. The Morgan fingerprint density at radius 2 is 2.27 bits per heavy atom. The maximum absolute atomic E-state index is 8.85. The van der Waals surface area contributed by atoms with Gasteiger partial charge in [-0.25, -0.2) is 0 Å². The van der Waals surface area contributed by atoms with Crippen LogP contribution in [-0.4, -0.2) is 12.8 Å². The Kier molecular flexibility index (Phi) is 7.00. The lowest BCUT2D eigenvalue weighted by Gasteiger charge is -2.01. The fourth-order valence-electron chi connectivity index (χ4n) is 0.945. The highest BCUT2D eigenvalue weighted by Crippen LogP contribution is 2.07. The van der Waals surface area contributed by atoms with E-state index in [2.05, 4.69) is 29.9 Å². The molecule has 0 aliphatic carbocycles. The molecule has 0 heterocycles. The van der Waals surface area contributed by atoms with Gasteiger partial charge in [0.25, 0.3) is 0 Å². The maximum atomic E-state index is 8.85. The van der Waals surface area contributed by atoms with Crippen molar-refractivity contribution in [2.45, 2.75) is 27.2 Å². The Bertz CT molecular complexity index is 308. The number of oxime groups is 1. The van der Waals surface area contributed by atoms with E-state index in [4.69, 9.17) is 5.26 Å². The summed E-state index contributed by atoms with van der Waals surface area (Å²) in [6.07, 6.45) is 6.91. The summed E-state index contributed by atoms with van der Waals surface area (Å²) < 4.78 is 0. The second kappa shape index (κ2) is 7.81. The molecule has 0 N–H and O–H groups in total. The highest BCUT2D eigenvalue weighted by molar-refractivity contribution is 6.12. The molecule has 0 aromatic carbocycles. The first-order valence-electron chi connectivity index (χ1n) is 5.05. The van der Waals surface area contributed by atoms with Crippen molar-refractivity contribution in [1.29, 1.82) is 5.26 Å². The van der Waals surface area contributed by atoms with Crippen LogP contribution in [0.2, 0.25) is 0 Å². The molecule has 0 aromatic heterocycles. The highest BCUT2D eigenvalue weighted by atomic mass is 16.6. The average Bonchev–Trinajstić information content (AvgIpc) is 2.27. The Balaban J connectivity index is 4.73. The van der Waals surface area contributed by atoms with Gasteiger partial charge in [0.15, 0.2) is 5.71 Å². The predicted octanol–water partition coefficient (Wildman–Crippen LogP) is 3.06. The van der Waals surface area contributed by atoms with Crippen LogP contribution in [0.1, 0.15) is 27.2 Å². The molecule has 3 nitrogen and oxygen atoms in total. The van der Waals surface area contributed by atoms with Gasteiger partial charge in [0.2, 0.25) is 0 Å². The van der Waals surface area contributed by atoms with Crippen molar-refractivity contribution in [1.82, 2.24) is 0 Å². The first-order valence-corrected chi connectivity index (χ1v) is 5.05. The van der Waals surface area contributed by atoms with Crippen LogP contribution >= 0.6 is 0 Å². The molecule has 1 atom stereocenters. The van der Waals surface area contributed by atoms with Crippen molar-refractivity contribution in [3.05, 3.63) is 23.8 Å². The van der Waals surface area contributed by atoms with E-state index in [1.54, 1.807) is 0 Å². The normalized spacial score (nSPS) is 15.1. The molecular formula is C12H18N2O. The van der Waals surface area contributed by atoms with E-state index < -0.39 is 0 Å². The van der Waals surface area contributed by atoms with E-state index in [1.807, 2.05) is 25.1 Å². The molecule has 15 heavy (non-hydrogen) atoms. The molecule has 0 saturated heterocycles. The molecule has 3 heteroatoms. The zero-order valence-corrected chi connectivity index (χ0v) is 9.82. The Morgan fingerprint density at radius 1 is 1.60 bits per heavy atom. The summed E-state index contributed by atoms with van der Waals surface area (Å²) in [7, 11) is 1.43. The number of allylic oxidation sites excluding steroid dienone is 4. The van der Waals surface area contributed by atoms with Gasteiger partial charge in [0, 0.05) is 5.57 Å². The number of rotatable bonds is 5. The lowest BCUT2D eigenvalue weighted by Crippen LogP contribution is -1.98. The molecule has 0 aromatic rings. The second-order valence-corrected chi connectivity index (χ2v) is 3.22. The van der Waals surface area contributed by atoms with Gasteiger partial charge in [-0.2, -0.15) is 5.26 Å². The zero-order valence-electron chi connectivity index (χ0n) is 9.82. The van der Waals surface area contributed by atoms with E-state index in [-0.39, 0.29) is 0 Å². The smallest absolute Gasteiger partial charge is 0.186 e. The van der Waals surface area contributed by atoms with E-state index in [0.29, 0.717) is 11.6 Å². The molecule has 0 radical (unpaired) electrons. The van der Waals surface area contributed by atoms with Gasteiger partial charge in [-0.1, -0.05) is 43.7 Å². The fraction of sp³-hybridized carbons (Fsp3) is 0.500. The van der Waals surface area contributed by atoms with Crippen molar-refractivity contribution in [3.63, 3.8) is 0 Å². The third kappa shape index (κ3) is 5.02. The van der Waals surface area contributed by atoms with E-state index >= 15 is 0 Å². The van der Waals surface area contributed by atoms with Crippen LogP contribution in [0.25, 0.3) is 0 Å². The van der Waals surface area contributed by atoms with Crippen molar-refractivity contribution >= 4 is 5.71 Å². The van der Waals surface area contributed by atoms with Crippen molar-refractivity contribution in [2.24, 2.45) is 11.1 Å². The summed E-state index contributed by atoms with van der Waals surface area (Å²) in [6.45, 7) is 6.13. The molecule has 0 rings (SSSR count).